The van der Waals surface area contributed by atoms with Crippen molar-refractivity contribution in [2.24, 2.45) is 0 Å². The maximum atomic E-state index is 12.6. The molecule has 10 heteroatoms. The van der Waals surface area contributed by atoms with Gasteiger partial charge in [-0.2, -0.15) is 4.31 Å². The Balaban J connectivity index is 2.07. The van der Waals surface area contributed by atoms with Crippen LogP contribution in [0.3, 0.4) is 0 Å². The van der Waals surface area contributed by atoms with E-state index in [9.17, 15) is 23.1 Å². The molecule has 0 bridgehead atoms. The highest BCUT2D eigenvalue weighted by molar-refractivity contribution is 7.89. The lowest BCUT2D eigenvalue weighted by molar-refractivity contribution is -0.140. The first kappa shape index (κ1) is 14.8. The number of H-pyrrole nitrogens is 2. The second kappa shape index (κ2) is 4.93. The van der Waals surface area contributed by atoms with Gasteiger partial charge in [0.25, 0.3) is 0 Å². The Morgan fingerprint density at radius 2 is 1.95 bits per heavy atom. The lowest BCUT2D eigenvalue weighted by atomic mass is 10.2. The summed E-state index contributed by atoms with van der Waals surface area (Å²) < 4.78 is 26.0. The number of rotatable bonds is 3. The number of fused-ring (bicyclic) bond motifs is 1. The molecule has 3 rings (SSSR count). The normalized spacial score (nSPS) is 23.1. The number of hydrogen-bond acceptors (Lipinski definition) is 5. The van der Waals surface area contributed by atoms with Crippen LogP contribution in [0.15, 0.2) is 27.9 Å². The van der Waals surface area contributed by atoms with E-state index in [1.165, 1.54) is 18.2 Å². The van der Waals surface area contributed by atoms with Crippen molar-refractivity contribution in [3.05, 3.63) is 28.7 Å². The maximum absolute atomic E-state index is 12.6. The van der Waals surface area contributed by atoms with E-state index < -0.39 is 33.8 Å². The third-order valence-corrected chi connectivity index (χ3v) is 5.48. The van der Waals surface area contributed by atoms with Crippen LogP contribution in [0.1, 0.15) is 6.42 Å². The standard InChI is InChI=1S/C12H13N3O6S/c16-6-3-10(11(17)18)15(5-6)22(20,21)7-1-2-8-9(4-7)14-12(19)13-8/h1-2,4,6,10,16H,3,5H2,(H,17,18)(H2,13,14,19)/t6?,10-/m0/s1. The number of aromatic nitrogens is 2. The molecule has 1 saturated heterocycles. The Morgan fingerprint density at radius 1 is 1.27 bits per heavy atom. The second-order valence-electron chi connectivity index (χ2n) is 5.10. The molecule has 1 aliphatic rings. The fourth-order valence-corrected chi connectivity index (χ4v) is 4.24. The van der Waals surface area contributed by atoms with Gasteiger partial charge in [0.05, 0.1) is 22.0 Å². The van der Waals surface area contributed by atoms with Gasteiger partial charge in [-0.25, -0.2) is 13.2 Å². The van der Waals surface area contributed by atoms with Gasteiger partial charge < -0.3 is 20.2 Å². The molecule has 1 fully saturated rings. The first-order valence-corrected chi connectivity index (χ1v) is 7.88. The first-order valence-electron chi connectivity index (χ1n) is 6.44. The molecule has 9 nitrogen and oxygen atoms in total. The van der Waals surface area contributed by atoms with Crippen LogP contribution in [-0.2, 0) is 14.8 Å². The van der Waals surface area contributed by atoms with Crippen LogP contribution >= 0.6 is 0 Å². The molecule has 0 spiro atoms. The highest BCUT2D eigenvalue weighted by Crippen LogP contribution is 2.27. The van der Waals surface area contributed by atoms with Crippen LogP contribution < -0.4 is 5.69 Å². The molecule has 0 radical (unpaired) electrons. The molecule has 22 heavy (non-hydrogen) atoms. The molecular formula is C12H13N3O6S. The van der Waals surface area contributed by atoms with Crippen LogP contribution in [0.4, 0.5) is 0 Å². The lowest BCUT2D eigenvalue weighted by Gasteiger charge is -2.20. The van der Waals surface area contributed by atoms with Gasteiger partial charge in [-0.05, 0) is 18.2 Å². The first-order chi connectivity index (χ1) is 10.3. The number of carbonyl (C=O) groups is 1. The molecule has 118 valence electrons. The molecule has 0 aliphatic carbocycles. The summed E-state index contributed by atoms with van der Waals surface area (Å²) in [6, 6.07) is 2.65. The molecule has 2 atom stereocenters. The molecule has 2 heterocycles. The van der Waals surface area contributed by atoms with Crippen molar-refractivity contribution >= 4 is 27.0 Å². The van der Waals surface area contributed by atoms with Gasteiger partial charge in [0.1, 0.15) is 6.04 Å². The van der Waals surface area contributed by atoms with E-state index >= 15 is 0 Å². The number of nitrogens with one attached hydrogen (secondary N) is 2. The number of carboxylic acid groups (broad SMARTS) is 1. The lowest BCUT2D eigenvalue weighted by Crippen LogP contribution is -2.40. The number of sulfonamides is 1. The molecule has 1 unspecified atom stereocenters. The quantitative estimate of drug-likeness (QED) is 0.573. The summed E-state index contributed by atoms with van der Waals surface area (Å²) in [5, 5.41) is 18.7. The number of aromatic amines is 2. The maximum Gasteiger partial charge on any atom is 0.323 e. The van der Waals surface area contributed by atoms with Gasteiger partial charge in [-0.15, -0.1) is 0 Å². The minimum atomic E-state index is -4.09. The summed E-state index contributed by atoms with van der Waals surface area (Å²) >= 11 is 0. The van der Waals surface area contributed by atoms with Crippen LogP contribution in [0.2, 0.25) is 0 Å². The van der Waals surface area contributed by atoms with Gasteiger partial charge in [-0.1, -0.05) is 0 Å². The Labute approximate surface area is 124 Å². The van der Waals surface area contributed by atoms with Crippen molar-refractivity contribution < 1.29 is 23.4 Å². The Hall–Kier alpha value is -2.17. The smallest absolute Gasteiger partial charge is 0.323 e. The minimum Gasteiger partial charge on any atom is -0.480 e. The number of β-amino-alcohol motifs (C(OH)–C–C–N with tert-alkyl or cyclic N) is 1. The molecule has 0 amide bonds. The molecule has 1 aromatic carbocycles. The Morgan fingerprint density at radius 3 is 2.64 bits per heavy atom. The van der Waals surface area contributed by atoms with Gasteiger partial charge in [0.15, 0.2) is 0 Å². The zero-order chi connectivity index (χ0) is 16.1. The number of hydrogen-bond donors (Lipinski definition) is 4. The van der Waals surface area contributed by atoms with Gasteiger partial charge in [0, 0.05) is 13.0 Å². The number of carboxylic acids is 1. The predicted molar refractivity (Wildman–Crippen MR) is 74.9 cm³/mol. The van der Waals surface area contributed by atoms with E-state index in [0.717, 1.165) is 4.31 Å². The molecule has 1 aliphatic heterocycles. The van der Waals surface area contributed by atoms with Crippen molar-refractivity contribution in [1.82, 2.24) is 14.3 Å². The van der Waals surface area contributed by atoms with Crippen molar-refractivity contribution in [3.8, 4) is 0 Å². The molecular weight excluding hydrogens is 314 g/mol. The third kappa shape index (κ3) is 2.30. The highest BCUT2D eigenvalue weighted by Gasteiger charge is 2.43. The van der Waals surface area contributed by atoms with Crippen LogP contribution in [0.25, 0.3) is 11.0 Å². The number of imidazole rings is 1. The summed E-state index contributed by atoms with van der Waals surface area (Å²) in [5.74, 6) is -1.31. The van der Waals surface area contributed by atoms with Gasteiger partial charge in [0.2, 0.25) is 10.0 Å². The van der Waals surface area contributed by atoms with E-state index in [0.29, 0.717) is 11.0 Å². The fourth-order valence-electron chi connectivity index (χ4n) is 2.58. The molecule has 2 aromatic rings. The number of aliphatic hydroxyl groups excluding tert-OH is 1. The average Bonchev–Trinajstić information content (AvgIpc) is 2.99. The Kier molecular flexibility index (Phi) is 3.31. The zero-order valence-corrected chi connectivity index (χ0v) is 12.0. The number of benzene rings is 1. The van der Waals surface area contributed by atoms with Crippen LogP contribution in [-0.4, -0.2) is 57.6 Å². The SMILES string of the molecule is O=C(O)[C@@H]1CC(O)CN1S(=O)(=O)c1ccc2[nH]c(=O)[nH]c2c1. The van der Waals surface area contributed by atoms with Crippen molar-refractivity contribution in [3.63, 3.8) is 0 Å². The monoisotopic (exact) mass is 327 g/mol. The van der Waals surface area contributed by atoms with E-state index in [-0.39, 0.29) is 17.9 Å². The second-order valence-corrected chi connectivity index (χ2v) is 7.00. The summed E-state index contributed by atoms with van der Waals surface area (Å²) in [6.07, 6.45) is -1.18. The molecule has 0 saturated carbocycles. The number of nitrogens with zero attached hydrogens (tertiary/aromatic N) is 1. The summed E-state index contributed by atoms with van der Waals surface area (Å²) in [5.41, 5.74) is 0.280. The minimum absolute atomic E-state index is 0.143. The van der Waals surface area contributed by atoms with E-state index in [1.54, 1.807) is 0 Å². The van der Waals surface area contributed by atoms with E-state index in [2.05, 4.69) is 9.97 Å². The van der Waals surface area contributed by atoms with Gasteiger partial charge >= 0.3 is 11.7 Å². The summed E-state index contributed by atoms with van der Waals surface area (Å²) in [7, 11) is -4.09. The largest absolute Gasteiger partial charge is 0.480 e. The van der Waals surface area contributed by atoms with Crippen LogP contribution in [0.5, 0.6) is 0 Å². The third-order valence-electron chi connectivity index (χ3n) is 3.61. The zero-order valence-electron chi connectivity index (χ0n) is 11.2. The van der Waals surface area contributed by atoms with E-state index in [1.807, 2.05) is 0 Å². The summed E-state index contributed by atoms with van der Waals surface area (Å²) in [6.45, 7) is -0.277. The Bertz CT molecular complexity index is 899. The topological polar surface area (TPSA) is 144 Å². The van der Waals surface area contributed by atoms with Crippen molar-refractivity contribution in [2.75, 3.05) is 6.54 Å². The predicted octanol–water partition coefficient (Wildman–Crippen LogP) is -0.935. The summed E-state index contributed by atoms with van der Waals surface area (Å²) in [4.78, 5) is 27.2. The fraction of sp³-hybridized carbons (Fsp3) is 0.333. The van der Waals surface area contributed by atoms with Crippen molar-refractivity contribution in [2.45, 2.75) is 23.5 Å². The number of aliphatic carboxylic acids is 1. The van der Waals surface area contributed by atoms with E-state index in [4.69, 9.17) is 5.11 Å². The van der Waals surface area contributed by atoms with Crippen LogP contribution in [0, 0.1) is 0 Å². The molecule has 4 N–H and O–H groups in total. The highest BCUT2D eigenvalue weighted by atomic mass is 32.2. The van der Waals surface area contributed by atoms with Crippen molar-refractivity contribution in [1.29, 1.82) is 0 Å². The molecule has 1 aromatic heterocycles. The average molecular weight is 327 g/mol. The van der Waals surface area contributed by atoms with Gasteiger partial charge in [-0.3, -0.25) is 4.79 Å². The number of aliphatic hydroxyl groups is 1.